The third-order valence-corrected chi connectivity index (χ3v) is 11.5. The minimum absolute atomic E-state index is 0.0594. The van der Waals surface area contributed by atoms with E-state index in [1.54, 1.807) is 0 Å². The van der Waals surface area contributed by atoms with Crippen LogP contribution in [-0.4, -0.2) is 17.5 Å². The Kier molecular flexibility index (Phi) is 6.93. The van der Waals surface area contributed by atoms with E-state index in [2.05, 4.69) is 45.1 Å². The molecule has 0 aromatic heterocycles. The van der Waals surface area contributed by atoms with E-state index < -0.39 is 0 Å². The number of carbonyl (C=O) groups excluding carboxylic acids is 3. The van der Waals surface area contributed by atoms with Gasteiger partial charge in [0, 0.05) is 31.6 Å². The number of rotatable bonds is 6. The molecule has 5 rings (SSSR count). The number of Topliss-reactive ketones (excluding diaryl/α,β-unsaturated/α-hetero) is 2. The molecular formula is C32H45NO3. The maximum absolute atomic E-state index is 13.6. The Hall–Kier alpha value is -1.97. The van der Waals surface area contributed by atoms with Gasteiger partial charge in [-0.1, -0.05) is 58.0 Å². The first-order chi connectivity index (χ1) is 17.2. The van der Waals surface area contributed by atoms with Crippen molar-refractivity contribution >= 4 is 17.5 Å². The first-order valence-electron chi connectivity index (χ1n) is 14.6. The van der Waals surface area contributed by atoms with Gasteiger partial charge in [0.15, 0.2) is 0 Å². The van der Waals surface area contributed by atoms with E-state index in [9.17, 15) is 14.4 Å². The molecule has 4 aliphatic rings. The first-order valence-corrected chi connectivity index (χ1v) is 14.6. The van der Waals surface area contributed by atoms with Crippen molar-refractivity contribution in [2.24, 2.45) is 46.3 Å². The van der Waals surface area contributed by atoms with Gasteiger partial charge in [0.2, 0.25) is 5.91 Å². The van der Waals surface area contributed by atoms with E-state index in [0.717, 1.165) is 38.5 Å². The Morgan fingerprint density at radius 2 is 1.72 bits per heavy atom. The van der Waals surface area contributed by atoms with E-state index in [0.29, 0.717) is 60.9 Å². The molecule has 4 heteroatoms. The van der Waals surface area contributed by atoms with Gasteiger partial charge in [-0.05, 0) is 84.5 Å². The Morgan fingerprint density at radius 3 is 2.44 bits per heavy atom. The van der Waals surface area contributed by atoms with Crippen molar-refractivity contribution in [2.75, 3.05) is 0 Å². The van der Waals surface area contributed by atoms with Crippen LogP contribution in [0.15, 0.2) is 30.3 Å². The van der Waals surface area contributed by atoms with Crippen molar-refractivity contribution < 1.29 is 14.4 Å². The van der Waals surface area contributed by atoms with Crippen molar-refractivity contribution in [2.45, 2.75) is 97.9 Å². The lowest BCUT2D eigenvalue weighted by molar-refractivity contribution is -0.159. The topological polar surface area (TPSA) is 63.2 Å². The lowest BCUT2D eigenvalue weighted by Gasteiger charge is -2.59. The van der Waals surface area contributed by atoms with Crippen LogP contribution in [0.3, 0.4) is 0 Å². The third-order valence-electron chi connectivity index (χ3n) is 11.5. The normalized spacial score (nSPS) is 39.5. The molecule has 4 fully saturated rings. The van der Waals surface area contributed by atoms with Gasteiger partial charge in [-0.2, -0.15) is 0 Å². The molecule has 1 aromatic carbocycles. The van der Waals surface area contributed by atoms with Crippen molar-refractivity contribution in [3.8, 4) is 0 Å². The summed E-state index contributed by atoms with van der Waals surface area (Å²) in [7, 11) is 0. The molecule has 0 saturated heterocycles. The summed E-state index contributed by atoms with van der Waals surface area (Å²) >= 11 is 0. The van der Waals surface area contributed by atoms with Crippen LogP contribution in [0.4, 0.5) is 0 Å². The van der Waals surface area contributed by atoms with Crippen LogP contribution in [0.25, 0.3) is 0 Å². The SMILES string of the molecule is CCC(NC(=O)C[C@@H](C)C1CC[C@H]2[C@@H]3C(=O)C[C@@H]4CC(=O)CC[C@]4(C)[C@H]3CC[C@]12C)c1ccccc1. The van der Waals surface area contributed by atoms with Gasteiger partial charge in [0.05, 0.1) is 6.04 Å². The quantitative estimate of drug-likeness (QED) is 0.482. The van der Waals surface area contributed by atoms with Gasteiger partial charge in [-0.25, -0.2) is 0 Å². The van der Waals surface area contributed by atoms with Crippen LogP contribution in [0.2, 0.25) is 0 Å². The summed E-state index contributed by atoms with van der Waals surface area (Å²) < 4.78 is 0. The number of amides is 1. The molecule has 9 atom stereocenters. The molecule has 1 aromatic rings. The van der Waals surface area contributed by atoms with Gasteiger partial charge in [-0.15, -0.1) is 0 Å². The summed E-state index contributed by atoms with van der Waals surface area (Å²) in [5, 5.41) is 3.29. The van der Waals surface area contributed by atoms with E-state index in [1.807, 2.05) is 18.2 Å². The molecule has 1 amide bonds. The standard InChI is InChI=1S/C32H45NO3/c1-5-27(21-9-7-6-8-10-21)33-29(36)17-20(2)24-11-12-25-30-26(14-16-32(24,25)4)31(3)15-13-23(34)18-22(31)19-28(30)35/h6-10,20,22,24-27,30H,5,11-19H2,1-4H3,(H,33,36)/t20-,22+,24?,25+,26+,27?,30+,31+,32-/m1/s1. The van der Waals surface area contributed by atoms with Crippen LogP contribution < -0.4 is 5.32 Å². The Morgan fingerprint density at radius 1 is 1.00 bits per heavy atom. The second-order valence-electron chi connectivity index (χ2n) is 13.2. The number of hydrogen-bond acceptors (Lipinski definition) is 3. The summed E-state index contributed by atoms with van der Waals surface area (Å²) in [4.78, 5) is 38.9. The fourth-order valence-electron chi connectivity index (χ4n) is 9.49. The Labute approximate surface area is 217 Å². The third kappa shape index (κ3) is 4.27. The summed E-state index contributed by atoms with van der Waals surface area (Å²) in [5.74, 6) is 3.01. The first kappa shape index (κ1) is 25.7. The molecule has 196 valence electrons. The van der Waals surface area contributed by atoms with Crippen molar-refractivity contribution in [1.29, 1.82) is 0 Å². The zero-order chi connectivity index (χ0) is 25.7. The molecule has 4 aliphatic carbocycles. The lowest BCUT2D eigenvalue weighted by atomic mass is 9.44. The predicted molar refractivity (Wildman–Crippen MR) is 142 cm³/mol. The fraction of sp³-hybridized carbons (Fsp3) is 0.719. The van der Waals surface area contributed by atoms with E-state index >= 15 is 0 Å². The van der Waals surface area contributed by atoms with Crippen molar-refractivity contribution in [3.05, 3.63) is 35.9 Å². The van der Waals surface area contributed by atoms with E-state index in [4.69, 9.17) is 0 Å². The number of carbonyl (C=O) groups is 3. The summed E-state index contributed by atoms with van der Waals surface area (Å²) in [6.07, 6.45) is 8.82. The van der Waals surface area contributed by atoms with Crippen LogP contribution in [0.5, 0.6) is 0 Å². The Bertz CT molecular complexity index is 1000. The molecule has 4 nitrogen and oxygen atoms in total. The Balaban J connectivity index is 1.28. The van der Waals surface area contributed by atoms with Crippen LogP contribution in [-0.2, 0) is 14.4 Å². The monoisotopic (exact) mass is 491 g/mol. The summed E-state index contributed by atoms with van der Waals surface area (Å²) in [6, 6.07) is 10.3. The average molecular weight is 492 g/mol. The summed E-state index contributed by atoms with van der Waals surface area (Å²) in [5.41, 5.74) is 1.44. The van der Waals surface area contributed by atoms with E-state index in [1.165, 1.54) is 5.56 Å². The minimum atomic E-state index is 0.0594. The zero-order valence-electron chi connectivity index (χ0n) is 22.7. The van der Waals surface area contributed by atoms with Crippen LogP contribution in [0, 0.1) is 46.3 Å². The predicted octanol–water partition coefficient (Wildman–Crippen LogP) is 6.69. The maximum atomic E-state index is 13.6. The van der Waals surface area contributed by atoms with Crippen LogP contribution >= 0.6 is 0 Å². The average Bonchev–Trinajstić information content (AvgIpc) is 3.21. The number of hydrogen-bond donors (Lipinski definition) is 1. The largest absolute Gasteiger partial charge is 0.349 e. The number of ketones is 2. The van der Waals surface area contributed by atoms with Gasteiger partial charge >= 0.3 is 0 Å². The van der Waals surface area contributed by atoms with Crippen molar-refractivity contribution in [3.63, 3.8) is 0 Å². The summed E-state index contributed by atoms with van der Waals surface area (Å²) in [6.45, 7) is 9.22. The maximum Gasteiger partial charge on any atom is 0.220 e. The number of fused-ring (bicyclic) bond motifs is 5. The second kappa shape index (κ2) is 9.72. The molecule has 0 bridgehead atoms. The highest BCUT2D eigenvalue weighted by molar-refractivity contribution is 5.86. The van der Waals surface area contributed by atoms with Gasteiger partial charge < -0.3 is 5.32 Å². The molecule has 4 saturated carbocycles. The zero-order valence-corrected chi connectivity index (χ0v) is 22.7. The smallest absolute Gasteiger partial charge is 0.220 e. The molecule has 2 unspecified atom stereocenters. The molecule has 0 spiro atoms. The van der Waals surface area contributed by atoms with Gasteiger partial charge in [-0.3, -0.25) is 14.4 Å². The van der Waals surface area contributed by atoms with Gasteiger partial charge in [0.25, 0.3) is 0 Å². The molecule has 0 radical (unpaired) electrons. The molecule has 0 aliphatic heterocycles. The van der Waals surface area contributed by atoms with Gasteiger partial charge in [0.1, 0.15) is 11.6 Å². The molecular weight excluding hydrogens is 446 g/mol. The second-order valence-corrected chi connectivity index (χ2v) is 13.2. The highest BCUT2D eigenvalue weighted by atomic mass is 16.2. The van der Waals surface area contributed by atoms with Crippen LogP contribution in [0.1, 0.15) is 104 Å². The highest BCUT2D eigenvalue weighted by Crippen LogP contribution is 2.67. The molecule has 1 N–H and O–H groups in total. The number of benzene rings is 1. The van der Waals surface area contributed by atoms with Crippen molar-refractivity contribution in [1.82, 2.24) is 5.32 Å². The number of nitrogens with one attached hydrogen (secondary N) is 1. The van der Waals surface area contributed by atoms with E-state index in [-0.39, 0.29) is 34.6 Å². The minimum Gasteiger partial charge on any atom is -0.349 e. The molecule has 0 heterocycles. The molecule has 36 heavy (non-hydrogen) atoms. The lowest BCUT2D eigenvalue weighted by Crippen LogP contribution is -2.57. The fourth-order valence-corrected chi connectivity index (χ4v) is 9.49. The highest BCUT2D eigenvalue weighted by Gasteiger charge is 2.63.